The fraction of sp³-hybridized carbons (Fsp3) is 0.500. The first-order chi connectivity index (χ1) is 7.02. The Morgan fingerprint density at radius 3 is 2.33 bits per heavy atom. The van der Waals surface area contributed by atoms with Crippen LogP contribution >= 0.6 is 0 Å². The van der Waals surface area contributed by atoms with Crippen molar-refractivity contribution < 1.29 is 10.2 Å². The predicted octanol–water partition coefficient (Wildman–Crippen LogP) is 0.113. The summed E-state index contributed by atoms with van der Waals surface area (Å²) in [5.41, 5.74) is 7.22. The molecule has 0 aliphatic heterocycles. The number of aromatic nitrogens is 1. The second-order valence-electron chi connectivity index (χ2n) is 3.58. The summed E-state index contributed by atoms with van der Waals surface area (Å²) in [5.74, 6) is 0.723. The van der Waals surface area contributed by atoms with E-state index in [2.05, 4.69) is 4.98 Å². The van der Waals surface area contributed by atoms with E-state index in [1.807, 2.05) is 14.1 Å². The molecule has 1 rings (SSSR count). The van der Waals surface area contributed by atoms with Gasteiger partial charge in [-0.05, 0) is 6.92 Å². The van der Waals surface area contributed by atoms with E-state index in [4.69, 9.17) is 5.73 Å². The van der Waals surface area contributed by atoms with Gasteiger partial charge in [0.15, 0.2) is 0 Å². The van der Waals surface area contributed by atoms with E-state index in [-0.39, 0.29) is 18.9 Å². The van der Waals surface area contributed by atoms with Gasteiger partial charge in [0.1, 0.15) is 11.6 Å². The Morgan fingerprint density at radius 2 is 1.93 bits per heavy atom. The first-order valence-corrected chi connectivity index (χ1v) is 4.72. The maximum atomic E-state index is 9.74. The van der Waals surface area contributed by atoms with Gasteiger partial charge in [0.25, 0.3) is 0 Å². The molecule has 5 nitrogen and oxygen atoms in total. The van der Waals surface area contributed by atoms with Crippen molar-refractivity contribution in [3.8, 4) is 5.75 Å². The number of nitrogens with two attached hydrogens (primary N) is 1. The number of pyridine rings is 1. The summed E-state index contributed by atoms with van der Waals surface area (Å²) in [6, 6.07) is 0. The van der Waals surface area contributed by atoms with Crippen LogP contribution in [0.15, 0.2) is 0 Å². The van der Waals surface area contributed by atoms with Crippen molar-refractivity contribution in [2.24, 2.45) is 5.73 Å². The van der Waals surface area contributed by atoms with Crippen molar-refractivity contribution >= 4 is 5.82 Å². The maximum absolute atomic E-state index is 9.74. The zero-order valence-electron chi connectivity index (χ0n) is 9.28. The highest BCUT2D eigenvalue weighted by atomic mass is 16.3. The highest BCUT2D eigenvalue weighted by molar-refractivity contribution is 5.56. The quantitative estimate of drug-likeness (QED) is 0.661. The minimum absolute atomic E-state index is 0.0761. The van der Waals surface area contributed by atoms with Crippen LogP contribution < -0.4 is 10.6 Å². The van der Waals surface area contributed by atoms with Crippen LogP contribution in [0.2, 0.25) is 0 Å². The Balaban J connectivity index is 3.47. The molecule has 1 aromatic heterocycles. The minimum atomic E-state index is -0.180. The lowest BCUT2D eigenvalue weighted by Crippen LogP contribution is -2.17. The van der Waals surface area contributed by atoms with E-state index in [9.17, 15) is 10.2 Å². The Bertz CT molecular complexity index is 364. The number of hydrogen-bond donors (Lipinski definition) is 3. The molecular weight excluding hydrogens is 194 g/mol. The lowest BCUT2D eigenvalue weighted by molar-refractivity contribution is 0.279. The first kappa shape index (κ1) is 11.7. The standard InChI is InChI=1S/C10H17N3O2/c1-6-9(15)7(4-11)8(5-14)10(12-6)13(2)3/h14-15H,4-5,11H2,1-3H3. The molecule has 0 fully saturated rings. The molecular formula is C10H17N3O2. The van der Waals surface area contributed by atoms with Crippen molar-refractivity contribution in [3.05, 3.63) is 16.8 Å². The van der Waals surface area contributed by atoms with Gasteiger partial charge >= 0.3 is 0 Å². The molecule has 0 aromatic carbocycles. The number of anilines is 1. The summed E-state index contributed by atoms with van der Waals surface area (Å²) in [6.07, 6.45) is 0. The smallest absolute Gasteiger partial charge is 0.141 e. The van der Waals surface area contributed by atoms with Crippen LogP contribution in [0.25, 0.3) is 0 Å². The molecule has 0 unspecified atom stereocenters. The third kappa shape index (κ3) is 2.03. The summed E-state index contributed by atoms with van der Waals surface area (Å²) in [4.78, 5) is 6.00. The predicted molar refractivity (Wildman–Crippen MR) is 58.8 cm³/mol. The van der Waals surface area contributed by atoms with Gasteiger partial charge in [-0.2, -0.15) is 0 Å². The van der Waals surface area contributed by atoms with E-state index in [0.717, 1.165) is 0 Å². The summed E-state index contributed by atoms with van der Waals surface area (Å²) < 4.78 is 0. The molecule has 1 heterocycles. The zero-order valence-corrected chi connectivity index (χ0v) is 9.28. The Kier molecular flexibility index (Phi) is 3.49. The molecule has 0 saturated heterocycles. The number of rotatable bonds is 3. The summed E-state index contributed by atoms with van der Waals surface area (Å²) in [7, 11) is 3.66. The molecule has 0 aliphatic rings. The Hall–Kier alpha value is -1.33. The number of aromatic hydroxyl groups is 1. The molecule has 1 aromatic rings. The van der Waals surface area contributed by atoms with E-state index in [1.165, 1.54) is 0 Å². The van der Waals surface area contributed by atoms with Gasteiger partial charge in [0.2, 0.25) is 0 Å². The van der Waals surface area contributed by atoms with Gasteiger partial charge in [-0.15, -0.1) is 0 Å². The zero-order chi connectivity index (χ0) is 11.6. The third-order valence-corrected chi connectivity index (χ3v) is 2.32. The summed E-state index contributed by atoms with van der Waals surface area (Å²) >= 11 is 0. The van der Waals surface area contributed by atoms with Crippen molar-refractivity contribution in [2.75, 3.05) is 19.0 Å². The van der Waals surface area contributed by atoms with Crippen LogP contribution in [-0.2, 0) is 13.2 Å². The molecule has 5 heteroatoms. The highest BCUT2D eigenvalue weighted by Crippen LogP contribution is 2.29. The molecule has 0 amide bonds. The molecule has 0 aliphatic carbocycles. The summed E-state index contributed by atoms with van der Waals surface area (Å²) in [6.45, 7) is 1.72. The molecule has 0 bridgehead atoms. The molecule has 84 valence electrons. The Labute approximate surface area is 89.2 Å². The number of hydrogen-bond acceptors (Lipinski definition) is 5. The SMILES string of the molecule is Cc1nc(N(C)C)c(CO)c(CN)c1O. The maximum Gasteiger partial charge on any atom is 0.141 e. The van der Waals surface area contributed by atoms with E-state index in [0.29, 0.717) is 22.6 Å². The summed E-state index contributed by atoms with van der Waals surface area (Å²) in [5, 5.41) is 19.0. The normalized spacial score (nSPS) is 10.5. The largest absolute Gasteiger partial charge is 0.506 e. The second-order valence-corrected chi connectivity index (χ2v) is 3.58. The number of aliphatic hydroxyl groups excluding tert-OH is 1. The first-order valence-electron chi connectivity index (χ1n) is 4.72. The number of aliphatic hydroxyl groups is 1. The third-order valence-electron chi connectivity index (χ3n) is 2.32. The monoisotopic (exact) mass is 211 g/mol. The van der Waals surface area contributed by atoms with Crippen LogP contribution in [-0.4, -0.2) is 29.3 Å². The van der Waals surface area contributed by atoms with Gasteiger partial charge in [0.05, 0.1) is 12.3 Å². The van der Waals surface area contributed by atoms with Crippen molar-refractivity contribution in [1.82, 2.24) is 4.98 Å². The molecule has 0 radical (unpaired) electrons. The highest BCUT2D eigenvalue weighted by Gasteiger charge is 2.16. The van der Waals surface area contributed by atoms with Crippen molar-refractivity contribution in [2.45, 2.75) is 20.1 Å². The fourth-order valence-corrected chi connectivity index (χ4v) is 1.53. The second kappa shape index (κ2) is 4.46. The number of nitrogens with zero attached hydrogens (tertiary/aromatic N) is 2. The van der Waals surface area contributed by atoms with Gasteiger partial charge in [-0.3, -0.25) is 0 Å². The lowest BCUT2D eigenvalue weighted by atomic mass is 10.1. The average Bonchev–Trinajstić information content (AvgIpc) is 2.20. The molecule has 15 heavy (non-hydrogen) atoms. The van der Waals surface area contributed by atoms with Gasteiger partial charge in [-0.25, -0.2) is 4.98 Å². The topological polar surface area (TPSA) is 82.6 Å². The van der Waals surface area contributed by atoms with Gasteiger partial charge < -0.3 is 20.8 Å². The van der Waals surface area contributed by atoms with E-state index >= 15 is 0 Å². The number of aryl methyl sites for hydroxylation is 1. The molecule has 0 atom stereocenters. The van der Waals surface area contributed by atoms with Crippen molar-refractivity contribution in [3.63, 3.8) is 0 Å². The van der Waals surface area contributed by atoms with Gasteiger partial charge in [0, 0.05) is 31.8 Å². The van der Waals surface area contributed by atoms with Crippen LogP contribution in [0.4, 0.5) is 5.82 Å². The Morgan fingerprint density at radius 1 is 1.33 bits per heavy atom. The van der Waals surface area contributed by atoms with Crippen LogP contribution in [0.3, 0.4) is 0 Å². The lowest BCUT2D eigenvalue weighted by Gasteiger charge is -2.19. The van der Waals surface area contributed by atoms with Crippen LogP contribution in [0.1, 0.15) is 16.8 Å². The fourth-order valence-electron chi connectivity index (χ4n) is 1.53. The average molecular weight is 211 g/mol. The van der Waals surface area contributed by atoms with Crippen LogP contribution in [0, 0.1) is 6.92 Å². The molecule has 0 saturated carbocycles. The van der Waals surface area contributed by atoms with E-state index in [1.54, 1.807) is 11.8 Å². The van der Waals surface area contributed by atoms with Crippen molar-refractivity contribution in [1.29, 1.82) is 0 Å². The molecule has 0 spiro atoms. The van der Waals surface area contributed by atoms with Gasteiger partial charge in [-0.1, -0.05) is 0 Å². The van der Waals surface area contributed by atoms with E-state index < -0.39 is 0 Å². The van der Waals surface area contributed by atoms with Crippen LogP contribution in [0.5, 0.6) is 5.75 Å². The molecule has 4 N–H and O–H groups in total. The minimum Gasteiger partial charge on any atom is -0.506 e.